The summed E-state index contributed by atoms with van der Waals surface area (Å²) in [6.07, 6.45) is 8.85. The van der Waals surface area contributed by atoms with E-state index in [0.717, 1.165) is 30.6 Å². The molecule has 0 saturated heterocycles. The monoisotopic (exact) mass is 310 g/mol. The first kappa shape index (κ1) is 13.6. The molecule has 5 nitrogen and oxygen atoms in total. The molecule has 7 heteroatoms. The first-order valence-electron chi connectivity index (χ1n) is 6.69. The summed E-state index contributed by atoms with van der Waals surface area (Å²) < 4.78 is 1.85. The minimum Gasteiger partial charge on any atom is -0.288 e. The van der Waals surface area contributed by atoms with Crippen LogP contribution in [0.1, 0.15) is 37.8 Å². The third kappa shape index (κ3) is 2.71. The second-order valence-electron chi connectivity index (χ2n) is 4.91. The van der Waals surface area contributed by atoms with E-state index < -0.39 is 0 Å². The number of thiazole rings is 1. The molecular weight excluding hydrogens is 296 g/mol. The molecule has 0 aromatic carbocycles. The molecule has 1 aliphatic carbocycles. The van der Waals surface area contributed by atoms with Crippen LogP contribution in [0.15, 0.2) is 16.7 Å². The Bertz CT molecular complexity index is 642. The van der Waals surface area contributed by atoms with E-state index in [2.05, 4.69) is 15.5 Å². The molecule has 2 aromatic heterocycles. The lowest BCUT2D eigenvalue weighted by Gasteiger charge is -2.19. The number of rotatable bonds is 3. The van der Waals surface area contributed by atoms with Crippen molar-refractivity contribution in [2.75, 3.05) is 0 Å². The van der Waals surface area contributed by atoms with Crippen molar-refractivity contribution in [1.29, 1.82) is 0 Å². The summed E-state index contributed by atoms with van der Waals surface area (Å²) in [5.41, 5.74) is 3.30. The van der Waals surface area contributed by atoms with Crippen molar-refractivity contribution in [1.82, 2.24) is 14.8 Å². The summed E-state index contributed by atoms with van der Waals surface area (Å²) in [5, 5.41) is 6.34. The average molecular weight is 311 g/mol. The first-order chi connectivity index (χ1) is 9.75. The van der Waals surface area contributed by atoms with Gasteiger partial charge in [-0.05, 0) is 12.8 Å². The molecule has 0 radical (unpaired) electrons. The summed E-state index contributed by atoms with van der Waals surface area (Å²) >= 11 is 7.55. The quantitative estimate of drug-likeness (QED) is 0.699. The van der Waals surface area contributed by atoms with E-state index in [4.69, 9.17) is 11.6 Å². The van der Waals surface area contributed by atoms with Crippen molar-refractivity contribution in [2.24, 2.45) is 11.0 Å². The molecule has 1 aliphatic rings. The van der Waals surface area contributed by atoms with Gasteiger partial charge in [-0.25, -0.2) is 10.4 Å². The highest BCUT2D eigenvalue weighted by atomic mass is 35.5. The number of nitrogens with zero attached hydrogens (tertiary/aromatic N) is 3. The molecule has 1 N–H and O–H groups in total. The van der Waals surface area contributed by atoms with Crippen LogP contribution in [-0.4, -0.2) is 21.5 Å². The highest BCUT2D eigenvalue weighted by Gasteiger charge is 2.20. The number of hydrazone groups is 1. The number of halogens is 1. The molecule has 3 rings (SSSR count). The third-order valence-corrected chi connectivity index (χ3v) is 4.63. The first-order valence-corrected chi connectivity index (χ1v) is 7.95. The molecule has 0 bridgehead atoms. The predicted octanol–water partition coefficient (Wildman–Crippen LogP) is 3.08. The Morgan fingerprint density at radius 3 is 3.10 bits per heavy atom. The summed E-state index contributed by atoms with van der Waals surface area (Å²) in [6, 6.07) is 0. The van der Waals surface area contributed by atoms with Crippen molar-refractivity contribution in [2.45, 2.75) is 32.1 Å². The Hall–Kier alpha value is -1.40. The SMILES string of the molecule is O=C(N/N=C\c1c(Cl)nc2sccn12)C1CCCCC1. The van der Waals surface area contributed by atoms with Crippen LogP contribution in [-0.2, 0) is 4.79 Å². The maximum Gasteiger partial charge on any atom is 0.243 e. The van der Waals surface area contributed by atoms with E-state index >= 15 is 0 Å². The average Bonchev–Trinajstić information content (AvgIpc) is 3.02. The molecule has 106 valence electrons. The maximum absolute atomic E-state index is 11.9. The van der Waals surface area contributed by atoms with Crippen molar-refractivity contribution in [3.05, 3.63) is 22.4 Å². The fourth-order valence-electron chi connectivity index (χ4n) is 2.51. The molecule has 0 aliphatic heterocycles. The lowest BCUT2D eigenvalue weighted by atomic mass is 9.89. The van der Waals surface area contributed by atoms with Crippen molar-refractivity contribution in [3.63, 3.8) is 0 Å². The van der Waals surface area contributed by atoms with Gasteiger partial charge in [-0.15, -0.1) is 11.3 Å². The molecule has 1 fully saturated rings. The molecule has 0 spiro atoms. The van der Waals surface area contributed by atoms with Gasteiger partial charge in [-0.1, -0.05) is 30.9 Å². The zero-order chi connectivity index (χ0) is 13.9. The van der Waals surface area contributed by atoms with Gasteiger partial charge in [0.05, 0.1) is 6.21 Å². The topological polar surface area (TPSA) is 58.8 Å². The number of fused-ring (bicyclic) bond motifs is 1. The van der Waals surface area contributed by atoms with E-state index in [1.54, 1.807) is 6.21 Å². The lowest BCUT2D eigenvalue weighted by Crippen LogP contribution is -2.28. The Labute approximate surface area is 125 Å². The van der Waals surface area contributed by atoms with Gasteiger partial charge in [0.2, 0.25) is 5.91 Å². The van der Waals surface area contributed by atoms with E-state index in [0.29, 0.717) is 10.8 Å². The highest BCUT2D eigenvalue weighted by molar-refractivity contribution is 7.15. The second kappa shape index (κ2) is 5.93. The van der Waals surface area contributed by atoms with Crippen LogP contribution < -0.4 is 5.43 Å². The van der Waals surface area contributed by atoms with Crippen molar-refractivity contribution >= 4 is 40.0 Å². The van der Waals surface area contributed by atoms with Crippen LogP contribution in [0.25, 0.3) is 4.96 Å². The number of imidazole rings is 1. The molecule has 1 amide bonds. The standard InChI is InChI=1S/C13H15ClN4OS/c14-11-10(18-6-7-20-13(18)16-11)8-15-17-12(19)9-4-2-1-3-5-9/h6-9H,1-5H2,(H,17,19)/b15-8-. The van der Waals surface area contributed by atoms with E-state index in [9.17, 15) is 4.79 Å². The minimum absolute atomic E-state index is 0.00292. The highest BCUT2D eigenvalue weighted by Crippen LogP contribution is 2.23. The number of hydrogen-bond acceptors (Lipinski definition) is 4. The normalized spacial score (nSPS) is 17.1. The maximum atomic E-state index is 11.9. The number of carbonyl (C=O) groups is 1. The Kier molecular flexibility index (Phi) is 4.03. The van der Waals surface area contributed by atoms with Gasteiger partial charge in [0, 0.05) is 17.5 Å². The molecule has 2 aromatic rings. The number of carbonyl (C=O) groups excluding carboxylic acids is 1. The van der Waals surface area contributed by atoms with E-state index in [1.807, 2.05) is 16.0 Å². The lowest BCUT2D eigenvalue weighted by molar-refractivity contribution is -0.125. The minimum atomic E-state index is 0.00292. The largest absolute Gasteiger partial charge is 0.288 e. The number of amides is 1. The fourth-order valence-corrected chi connectivity index (χ4v) is 3.50. The zero-order valence-corrected chi connectivity index (χ0v) is 12.5. The Morgan fingerprint density at radius 2 is 2.30 bits per heavy atom. The Morgan fingerprint density at radius 1 is 1.50 bits per heavy atom. The van der Waals surface area contributed by atoms with Gasteiger partial charge in [-0.2, -0.15) is 5.10 Å². The van der Waals surface area contributed by atoms with Gasteiger partial charge in [0.25, 0.3) is 0 Å². The molecular formula is C13H15ClN4OS. The summed E-state index contributed by atoms with van der Waals surface area (Å²) in [7, 11) is 0. The third-order valence-electron chi connectivity index (χ3n) is 3.59. The molecule has 20 heavy (non-hydrogen) atoms. The molecule has 1 saturated carbocycles. The molecule has 0 atom stereocenters. The van der Waals surface area contributed by atoms with Crippen LogP contribution >= 0.6 is 22.9 Å². The summed E-state index contributed by atoms with van der Waals surface area (Å²) in [6.45, 7) is 0. The smallest absolute Gasteiger partial charge is 0.243 e. The van der Waals surface area contributed by atoms with Gasteiger partial charge < -0.3 is 0 Å². The zero-order valence-electron chi connectivity index (χ0n) is 10.9. The van der Waals surface area contributed by atoms with E-state index in [-0.39, 0.29) is 11.8 Å². The van der Waals surface area contributed by atoms with Crippen LogP contribution in [0.4, 0.5) is 0 Å². The summed E-state index contributed by atoms with van der Waals surface area (Å²) in [5.74, 6) is 0.103. The van der Waals surface area contributed by atoms with Gasteiger partial charge in [0.1, 0.15) is 5.69 Å². The van der Waals surface area contributed by atoms with Crippen LogP contribution in [0.2, 0.25) is 5.15 Å². The predicted molar refractivity (Wildman–Crippen MR) is 80.4 cm³/mol. The van der Waals surface area contributed by atoms with Crippen molar-refractivity contribution in [3.8, 4) is 0 Å². The Balaban J connectivity index is 1.66. The van der Waals surface area contributed by atoms with Gasteiger partial charge in [-0.3, -0.25) is 9.20 Å². The number of aromatic nitrogens is 2. The number of hydrogen-bond donors (Lipinski definition) is 1. The van der Waals surface area contributed by atoms with E-state index in [1.165, 1.54) is 17.8 Å². The van der Waals surface area contributed by atoms with Crippen LogP contribution in [0.5, 0.6) is 0 Å². The van der Waals surface area contributed by atoms with Crippen LogP contribution in [0, 0.1) is 5.92 Å². The van der Waals surface area contributed by atoms with Gasteiger partial charge >= 0.3 is 0 Å². The van der Waals surface area contributed by atoms with Crippen LogP contribution in [0.3, 0.4) is 0 Å². The molecule has 0 unspecified atom stereocenters. The number of nitrogens with one attached hydrogen (secondary N) is 1. The summed E-state index contributed by atoms with van der Waals surface area (Å²) in [4.78, 5) is 17.0. The van der Waals surface area contributed by atoms with Gasteiger partial charge in [0.15, 0.2) is 10.1 Å². The molecule has 2 heterocycles. The van der Waals surface area contributed by atoms with Crippen molar-refractivity contribution < 1.29 is 4.79 Å². The second-order valence-corrected chi connectivity index (χ2v) is 6.14. The fraction of sp³-hybridized carbons (Fsp3) is 0.462.